The minimum Gasteiger partial charge on any atom is -0.332 e. The molecule has 0 spiro atoms. The summed E-state index contributed by atoms with van der Waals surface area (Å²) in [6, 6.07) is 8.60. The molecule has 2 N–H and O–H groups in total. The van der Waals surface area contributed by atoms with Crippen LogP contribution in [0.4, 0.5) is 11.5 Å². The summed E-state index contributed by atoms with van der Waals surface area (Å²) >= 11 is 22.6. The van der Waals surface area contributed by atoms with Gasteiger partial charge in [-0.3, -0.25) is 0 Å². The first-order valence-electron chi connectivity index (χ1n) is 5.19. The van der Waals surface area contributed by atoms with Gasteiger partial charge in [0.2, 0.25) is 0 Å². The van der Waals surface area contributed by atoms with Gasteiger partial charge in [0.1, 0.15) is 5.82 Å². The minimum atomic E-state index is 0.396. The van der Waals surface area contributed by atoms with Crippen LogP contribution in [-0.2, 0) is 0 Å². The topological polar surface area (TPSA) is 37.0 Å². The number of thiocarbonyl (C=S) groups is 1. The lowest BCUT2D eigenvalue weighted by Gasteiger charge is -2.10. The molecule has 1 aromatic carbocycles. The van der Waals surface area contributed by atoms with Crippen molar-refractivity contribution in [1.29, 1.82) is 0 Å². The molecule has 3 nitrogen and oxygen atoms in total. The van der Waals surface area contributed by atoms with Gasteiger partial charge < -0.3 is 10.6 Å². The summed E-state index contributed by atoms with van der Waals surface area (Å²) in [5, 5.41) is 7.81. The fraction of sp³-hybridized carbons (Fsp3) is 0. The van der Waals surface area contributed by atoms with Crippen molar-refractivity contribution in [3.8, 4) is 0 Å². The molecule has 1 heterocycles. The fourth-order valence-electron chi connectivity index (χ4n) is 1.30. The lowest BCUT2D eigenvalue weighted by Crippen LogP contribution is -2.19. The van der Waals surface area contributed by atoms with Gasteiger partial charge in [-0.15, -0.1) is 0 Å². The van der Waals surface area contributed by atoms with Crippen molar-refractivity contribution < 1.29 is 0 Å². The van der Waals surface area contributed by atoms with E-state index in [2.05, 4.69) is 15.6 Å². The van der Waals surface area contributed by atoms with E-state index in [-0.39, 0.29) is 0 Å². The molecule has 7 heteroatoms. The van der Waals surface area contributed by atoms with E-state index in [1.165, 1.54) is 6.20 Å². The van der Waals surface area contributed by atoms with Gasteiger partial charge in [-0.2, -0.15) is 0 Å². The highest BCUT2D eigenvalue weighted by atomic mass is 35.5. The molecule has 0 saturated heterocycles. The van der Waals surface area contributed by atoms with Crippen molar-refractivity contribution >= 4 is 63.6 Å². The third-order valence-electron chi connectivity index (χ3n) is 2.15. The third kappa shape index (κ3) is 4.21. The van der Waals surface area contributed by atoms with Crippen LogP contribution in [0.15, 0.2) is 36.5 Å². The molecule has 98 valence electrons. The van der Waals surface area contributed by atoms with Crippen molar-refractivity contribution in [2.45, 2.75) is 0 Å². The molecule has 2 rings (SSSR count). The molecule has 19 heavy (non-hydrogen) atoms. The Morgan fingerprint density at radius 2 is 1.79 bits per heavy atom. The van der Waals surface area contributed by atoms with E-state index in [9.17, 15) is 0 Å². The second-order valence-electron chi connectivity index (χ2n) is 3.57. The fourth-order valence-corrected chi connectivity index (χ4v) is 1.93. The summed E-state index contributed by atoms with van der Waals surface area (Å²) < 4.78 is 0. The summed E-state index contributed by atoms with van der Waals surface area (Å²) in [5.41, 5.74) is 0.737. The van der Waals surface area contributed by atoms with E-state index in [0.29, 0.717) is 26.0 Å². The van der Waals surface area contributed by atoms with Crippen molar-refractivity contribution in [2.24, 2.45) is 0 Å². The van der Waals surface area contributed by atoms with E-state index >= 15 is 0 Å². The Morgan fingerprint density at radius 1 is 1.00 bits per heavy atom. The van der Waals surface area contributed by atoms with Crippen LogP contribution < -0.4 is 10.6 Å². The number of nitrogens with zero attached hydrogens (tertiary/aromatic N) is 1. The predicted molar refractivity (Wildman–Crippen MR) is 85.6 cm³/mol. The monoisotopic (exact) mass is 331 g/mol. The molecule has 0 bridgehead atoms. The van der Waals surface area contributed by atoms with Crippen LogP contribution in [0, 0.1) is 0 Å². The smallest absolute Gasteiger partial charge is 0.176 e. The number of pyridine rings is 1. The first kappa shape index (κ1) is 14.3. The molecule has 0 aliphatic rings. The Balaban J connectivity index is 2.01. The van der Waals surface area contributed by atoms with Crippen molar-refractivity contribution in [3.05, 3.63) is 51.6 Å². The summed E-state index contributed by atoms with van der Waals surface area (Å²) in [7, 11) is 0. The van der Waals surface area contributed by atoms with E-state index in [4.69, 9.17) is 47.0 Å². The zero-order valence-electron chi connectivity index (χ0n) is 9.45. The number of anilines is 2. The van der Waals surface area contributed by atoms with Crippen LogP contribution >= 0.6 is 47.0 Å². The third-order valence-corrected chi connectivity index (χ3v) is 3.31. The molecule has 0 fully saturated rings. The SMILES string of the molecule is S=C(Nc1ccc(Cl)c(Cl)c1)Nc1ccc(Cl)cn1. The summed E-state index contributed by atoms with van der Waals surface area (Å²) in [4.78, 5) is 4.07. The Labute approximate surface area is 130 Å². The second kappa shape index (κ2) is 6.39. The molecule has 0 amide bonds. The maximum Gasteiger partial charge on any atom is 0.176 e. The number of hydrogen-bond acceptors (Lipinski definition) is 2. The predicted octanol–water partition coefficient (Wildman–Crippen LogP) is 4.85. The summed E-state index contributed by atoms with van der Waals surface area (Å²) in [6.07, 6.45) is 1.53. The van der Waals surface area contributed by atoms with Crippen LogP contribution in [0.25, 0.3) is 0 Å². The van der Waals surface area contributed by atoms with E-state index in [1.54, 1.807) is 30.3 Å². The highest BCUT2D eigenvalue weighted by Gasteiger charge is 2.02. The minimum absolute atomic E-state index is 0.396. The molecule has 0 aliphatic carbocycles. The summed E-state index contributed by atoms with van der Waals surface area (Å²) in [6.45, 7) is 0. The van der Waals surface area contributed by atoms with E-state index in [1.807, 2.05) is 0 Å². The highest BCUT2D eigenvalue weighted by Crippen LogP contribution is 2.25. The number of benzene rings is 1. The van der Waals surface area contributed by atoms with Crippen LogP contribution in [0.1, 0.15) is 0 Å². The number of nitrogens with one attached hydrogen (secondary N) is 2. The second-order valence-corrected chi connectivity index (χ2v) is 5.23. The average molecular weight is 333 g/mol. The first-order valence-corrected chi connectivity index (χ1v) is 6.73. The molecule has 0 radical (unpaired) electrons. The lowest BCUT2D eigenvalue weighted by atomic mass is 10.3. The molecule has 0 unspecified atom stereocenters. The maximum atomic E-state index is 5.91. The molecular formula is C12H8Cl3N3S. The maximum absolute atomic E-state index is 5.91. The zero-order valence-corrected chi connectivity index (χ0v) is 12.5. The highest BCUT2D eigenvalue weighted by molar-refractivity contribution is 7.80. The van der Waals surface area contributed by atoms with Crippen LogP contribution in [-0.4, -0.2) is 10.1 Å². The normalized spacial score (nSPS) is 10.1. The van der Waals surface area contributed by atoms with Crippen molar-refractivity contribution in [2.75, 3.05) is 10.6 Å². The van der Waals surface area contributed by atoms with Gasteiger partial charge in [-0.25, -0.2) is 4.98 Å². The Morgan fingerprint density at radius 3 is 2.42 bits per heavy atom. The lowest BCUT2D eigenvalue weighted by molar-refractivity contribution is 1.32. The van der Waals surface area contributed by atoms with Crippen LogP contribution in [0.5, 0.6) is 0 Å². The van der Waals surface area contributed by atoms with Crippen molar-refractivity contribution in [3.63, 3.8) is 0 Å². The Hall–Kier alpha value is -1.07. The van der Waals surface area contributed by atoms with Gasteiger partial charge in [-0.05, 0) is 42.5 Å². The average Bonchev–Trinajstić information content (AvgIpc) is 2.37. The number of rotatable bonds is 2. The van der Waals surface area contributed by atoms with Gasteiger partial charge in [0.25, 0.3) is 0 Å². The Bertz CT molecular complexity index is 602. The number of hydrogen-bond donors (Lipinski definition) is 2. The van der Waals surface area contributed by atoms with Crippen molar-refractivity contribution in [1.82, 2.24) is 4.98 Å². The van der Waals surface area contributed by atoms with Gasteiger partial charge in [0, 0.05) is 11.9 Å². The molecule has 1 aromatic heterocycles. The first-order chi connectivity index (χ1) is 9.04. The van der Waals surface area contributed by atoms with Crippen LogP contribution in [0.3, 0.4) is 0 Å². The summed E-state index contributed by atoms with van der Waals surface area (Å²) in [5.74, 6) is 0.599. The van der Waals surface area contributed by atoms with Gasteiger partial charge in [0.05, 0.1) is 15.1 Å². The zero-order chi connectivity index (χ0) is 13.8. The molecule has 0 atom stereocenters. The number of aromatic nitrogens is 1. The van der Waals surface area contributed by atoms with Crippen LogP contribution in [0.2, 0.25) is 15.1 Å². The Kier molecular flexibility index (Phi) is 4.82. The largest absolute Gasteiger partial charge is 0.332 e. The molecule has 2 aromatic rings. The molecule has 0 aliphatic heterocycles. The van der Waals surface area contributed by atoms with Gasteiger partial charge >= 0.3 is 0 Å². The number of halogens is 3. The van der Waals surface area contributed by atoms with Gasteiger partial charge in [-0.1, -0.05) is 34.8 Å². The molecular weight excluding hydrogens is 325 g/mol. The quantitative estimate of drug-likeness (QED) is 0.771. The standard InChI is InChI=1S/C12H8Cl3N3S/c13-7-1-4-11(16-6-7)18-12(19)17-8-2-3-9(14)10(15)5-8/h1-6H,(H2,16,17,18,19). The molecule has 0 saturated carbocycles. The van der Waals surface area contributed by atoms with E-state index < -0.39 is 0 Å². The van der Waals surface area contributed by atoms with E-state index in [0.717, 1.165) is 5.69 Å². The van der Waals surface area contributed by atoms with Gasteiger partial charge in [0.15, 0.2) is 5.11 Å².